The molecule has 0 N–H and O–H groups in total. The van der Waals surface area contributed by atoms with Crippen molar-refractivity contribution in [1.29, 1.82) is 0 Å². The number of methoxy groups -OCH3 is 1. The van der Waals surface area contributed by atoms with Gasteiger partial charge in [0.2, 0.25) is 0 Å². The number of carbonyl (C=O) groups excluding carboxylic acids is 1. The number of hydrogen-bond donors (Lipinski definition) is 0. The van der Waals surface area contributed by atoms with Gasteiger partial charge in [0, 0.05) is 32.1 Å². The van der Waals surface area contributed by atoms with Gasteiger partial charge < -0.3 is 14.4 Å². The van der Waals surface area contributed by atoms with Crippen LogP contribution in [0, 0.1) is 11.6 Å². The van der Waals surface area contributed by atoms with Gasteiger partial charge in [-0.1, -0.05) is 0 Å². The fourth-order valence-electron chi connectivity index (χ4n) is 3.02. The Bertz CT molecular complexity index is 765. The molecule has 1 aromatic heterocycles. The monoisotopic (exact) mass is 362 g/mol. The molecule has 1 atom stereocenters. The van der Waals surface area contributed by atoms with Crippen molar-refractivity contribution in [3.05, 3.63) is 59.4 Å². The van der Waals surface area contributed by atoms with E-state index in [0.29, 0.717) is 13.2 Å². The quantitative estimate of drug-likeness (QED) is 0.792. The molecule has 7 heteroatoms. The van der Waals surface area contributed by atoms with Crippen LogP contribution in [0.4, 0.5) is 8.78 Å². The summed E-state index contributed by atoms with van der Waals surface area (Å²) in [5.41, 5.74) is 0.432. The minimum absolute atomic E-state index is 0.000897. The van der Waals surface area contributed by atoms with Crippen LogP contribution in [0.25, 0.3) is 0 Å². The third-order valence-electron chi connectivity index (χ3n) is 4.35. The Morgan fingerprint density at radius 3 is 2.73 bits per heavy atom. The van der Waals surface area contributed by atoms with Gasteiger partial charge in [0.15, 0.2) is 11.6 Å². The predicted molar refractivity (Wildman–Crippen MR) is 90.9 cm³/mol. The van der Waals surface area contributed by atoms with Crippen LogP contribution in [0.15, 0.2) is 36.7 Å². The Morgan fingerprint density at radius 2 is 2.08 bits per heavy atom. The number of amides is 1. The molecule has 1 aromatic carbocycles. The summed E-state index contributed by atoms with van der Waals surface area (Å²) in [7, 11) is 1.32. The molecular weight excluding hydrogens is 342 g/mol. The molecule has 1 saturated heterocycles. The first-order valence-electron chi connectivity index (χ1n) is 8.42. The van der Waals surface area contributed by atoms with Crippen molar-refractivity contribution in [2.24, 2.45) is 0 Å². The van der Waals surface area contributed by atoms with Crippen LogP contribution in [0.3, 0.4) is 0 Å². The first-order chi connectivity index (χ1) is 12.6. The molecule has 1 amide bonds. The number of nitrogens with zero attached hydrogens (tertiary/aromatic N) is 2. The Balaban J connectivity index is 1.92. The van der Waals surface area contributed by atoms with Crippen LogP contribution in [0.5, 0.6) is 5.75 Å². The topological polar surface area (TPSA) is 51.7 Å². The maximum Gasteiger partial charge on any atom is 0.261 e. The number of rotatable bonds is 6. The van der Waals surface area contributed by atoms with Crippen molar-refractivity contribution in [3.63, 3.8) is 0 Å². The number of benzene rings is 1. The molecule has 2 aromatic rings. The van der Waals surface area contributed by atoms with Crippen LogP contribution in [0.1, 0.15) is 28.8 Å². The second-order valence-corrected chi connectivity index (χ2v) is 6.11. The summed E-state index contributed by atoms with van der Waals surface area (Å²) in [6.45, 7) is 1.17. The molecule has 138 valence electrons. The number of pyridine rings is 1. The average molecular weight is 362 g/mol. The molecule has 0 radical (unpaired) electrons. The zero-order chi connectivity index (χ0) is 18.5. The molecule has 0 unspecified atom stereocenters. The lowest BCUT2D eigenvalue weighted by atomic mass is 10.1. The average Bonchev–Trinajstić information content (AvgIpc) is 3.17. The first kappa shape index (κ1) is 18.3. The summed E-state index contributed by atoms with van der Waals surface area (Å²) in [4.78, 5) is 18.5. The maximum atomic E-state index is 14.4. The van der Waals surface area contributed by atoms with Gasteiger partial charge in [-0.2, -0.15) is 0 Å². The molecule has 5 nitrogen and oxygen atoms in total. The van der Waals surface area contributed by atoms with Crippen LogP contribution in [-0.4, -0.2) is 42.2 Å². The van der Waals surface area contributed by atoms with Gasteiger partial charge in [-0.3, -0.25) is 9.78 Å². The van der Waals surface area contributed by atoms with Crippen LogP contribution >= 0.6 is 0 Å². The van der Waals surface area contributed by atoms with E-state index in [2.05, 4.69) is 4.98 Å². The number of halogens is 2. The van der Waals surface area contributed by atoms with E-state index in [1.807, 2.05) is 0 Å². The van der Waals surface area contributed by atoms with Crippen LogP contribution in [-0.2, 0) is 11.3 Å². The molecule has 1 aliphatic rings. The van der Waals surface area contributed by atoms with Gasteiger partial charge in [0.25, 0.3) is 5.91 Å². The molecule has 0 saturated carbocycles. The lowest BCUT2D eigenvalue weighted by Gasteiger charge is -2.26. The van der Waals surface area contributed by atoms with Crippen molar-refractivity contribution in [2.45, 2.75) is 25.5 Å². The molecule has 0 aliphatic carbocycles. The molecule has 1 fully saturated rings. The van der Waals surface area contributed by atoms with E-state index in [-0.39, 0.29) is 18.4 Å². The fraction of sp³-hybridized carbons (Fsp3) is 0.368. The largest absolute Gasteiger partial charge is 0.496 e. The maximum absolute atomic E-state index is 14.4. The highest BCUT2D eigenvalue weighted by molar-refractivity contribution is 5.97. The van der Waals surface area contributed by atoms with Gasteiger partial charge in [-0.25, -0.2) is 8.78 Å². The fourth-order valence-corrected chi connectivity index (χ4v) is 3.02. The summed E-state index contributed by atoms with van der Waals surface area (Å²) >= 11 is 0. The molecule has 0 spiro atoms. The van der Waals surface area contributed by atoms with Crippen LogP contribution < -0.4 is 4.74 Å². The molecular formula is C19H20F2N2O3. The van der Waals surface area contributed by atoms with E-state index in [4.69, 9.17) is 9.47 Å². The predicted octanol–water partition coefficient (Wildman–Crippen LogP) is 3.19. The third kappa shape index (κ3) is 3.99. The van der Waals surface area contributed by atoms with Crippen LogP contribution in [0.2, 0.25) is 0 Å². The second-order valence-electron chi connectivity index (χ2n) is 6.11. The lowest BCUT2D eigenvalue weighted by Crippen LogP contribution is -2.37. The third-order valence-corrected chi connectivity index (χ3v) is 4.35. The highest BCUT2D eigenvalue weighted by atomic mass is 19.2. The van der Waals surface area contributed by atoms with E-state index < -0.39 is 23.1 Å². The van der Waals surface area contributed by atoms with Crippen molar-refractivity contribution < 1.29 is 23.0 Å². The highest BCUT2D eigenvalue weighted by Crippen LogP contribution is 2.26. The zero-order valence-corrected chi connectivity index (χ0v) is 14.5. The SMILES string of the molecule is COc1ccc(F)c(F)c1C(=O)N(Cc1ccncc1)C[C@H]1CCCO1. The number of ether oxygens (including phenoxy) is 2. The highest BCUT2D eigenvalue weighted by Gasteiger charge is 2.29. The van der Waals surface area contributed by atoms with E-state index in [9.17, 15) is 13.6 Å². The van der Waals surface area contributed by atoms with Gasteiger partial charge in [-0.05, 0) is 42.7 Å². The van der Waals surface area contributed by atoms with Crippen molar-refractivity contribution in [1.82, 2.24) is 9.88 Å². The molecule has 1 aliphatic heterocycles. The first-order valence-corrected chi connectivity index (χ1v) is 8.42. The minimum atomic E-state index is -1.21. The summed E-state index contributed by atoms with van der Waals surface area (Å²) in [5, 5.41) is 0. The number of aromatic nitrogens is 1. The van der Waals surface area contributed by atoms with E-state index in [1.54, 1.807) is 24.5 Å². The molecule has 0 bridgehead atoms. The summed E-state index contributed by atoms with van der Waals surface area (Å²) in [6, 6.07) is 5.74. The smallest absolute Gasteiger partial charge is 0.261 e. The Morgan fingerprint density at radius 1 is 1.31 bits per heavy atom. The summed E-state index contributed by atoms with van der Waals surface area (Å²) in [5.74, 6) is -2.93. The van der Waals surface area contributed by atoms with Crippen molar-refractivity contribution in [2.75, 3.05) is 20.3 Å². The van der Waals surface area contributed by atoms with E-state index in [1.165, 1.54) is 18.1 Å². The molecule has 26 heavy (non-hydrogen) atoms. The van der Waals surface area contributed by atoms with Gasteiger partial charge in [0.1, 0.15) is 11.3 Å². The second kappa shape index (κ2) is 8.23. The summed E-state index contributed by atoms with van der Waals surface area (Å²) < 4.78 is 38.8. The lowest BCUT2D eigenvalue weighted by molar-refractivity contribution is 0.0500. The zero-order valence-electron chi connectivity index (χ0n) is 14.5. The Kier molecular flexibility index (Phi) is 5.78. The van der Waals surface area contributed by atoms with Crippen molar-refractivity contribution >= 4 is 5.91 Å². The van der Waals surface area contributed by atoms with E-state index in [0.717, 1.165) is 24.5 Å². The van der Waals surface area contributed by atoms with E-state index >= 15 is 0 Å². The minimum Gasteiger partial charge on any atom is -0.496 e. The Labute approximate surface area is 150 Å². The summed E-state index contributed by atoms with van der Waals surface area (Å²) in [6.07, 6.45) is 4.85. The normalized spacial score (nSPS) is 16.5. The number of hydrogen-bond acceptors (Lipinski definition) is 4. The van der Waals surface area contributed by atoms with Crippen molar-refractivity contribution in [3.8, 4) is 5.75 Å². The Hall–Kier alpha value is -2.54. The molecule has 2 heterocycles. The number of carbonyl (C=O) groups is 1. The van der Waals surface area contributed by atoms with Gasteiger partial charge in [-0.15, -0.1) is 0 Å². The van der Waals surface area contributed by atoms with Gasteiger partial charge in [0.05, 0.1) is 13.2 Å². The standard InChI is InChI=1S/C19H20F2N2O3/c1-25-16-5-4-15(20)18(21)17(16)19(24)23(12-14-3-2-10-26-14)11-13-6-8-22-9-7-13/h4-9,14H,2-3,10-12H2,1H3/t14-/m1/s1. The van der Waals surface area contributed by atoms with Gasteiger partial charge >= 0.3 is 0 Å². The molecule has 3 rings (SSSR count).